The van der Waals surface area contributed by atoms with Gasteiger partial charge in [-0.15, -0.1) is 0 Å². The Morgan fingerprint density at radius 2 is 1.85 bits per heavy atom. The summed E-state index contributed by atoms with van der Waals surface area (Å²) in [4.78, 5) is 14.7. The van der Waals surface area contributed by atoms with Crippen LogP contribution in [0, 0.1) is 5.82 Å². The Hall–Kier alpha value is -2.27. The van der Waals surface area contributed by atoms with Crippen molar-refractivity contribution < 1.29 is 13.9 Å². The quantitative estimate of drug-likeness (QED) is 0.749. The summed E-state index contributed by atoms with van der Waals surface area (Å²) in [7, 11) is 0. The lowest BCUT2D eigenvalue weighted by molar-refractivity contribution is 0.0725. The lowest BCUT2D eigenvalue weighted by Gasteiger charge is -2.27. The van der Waals surface area contributed by atoms with E-state index in [1.165, 1.54) is 18.6 Å². The van der Waals surface area contributed by atoms with E-state index in [0.717, 1.165) is 25.9 Å². The lowest BCUT2D eigenvalue weighted by atomic mass is 10.1. The number of hydrogen-bond donors (Lipinski definition) is 1. The van der Waals surface area contributed by atoms with Crippen LogP contribution in [0.1, 0.15) is 29.6 Å². The minimum Gasteiger partial charge on any atom is -0.492 e. The van der Waals surface area contributed by atoms with Crippen LogP contribution >= 0.6 is 11.6 Å². The summed E-state index contributed by atoms with van der Waals surface area (Å²) in [6, 6.07) is 11.1. The fourth-order valence-corrected chi connectivity index (χ4v) is 3.17. The molecule has 2 aromatic carbocycles. The van der Waals surface area contributed by atoms with Crippen molar-refractivity contribution in [3.05, 3.63) is 58.9 Å². The van der Waals surface area contributed by atoms with Gasteiger partial charge in [0, 0.05) is 30.3 Å². The molecule has 0 aromatic heterocycles. The van der Waals surface area contributed by atoms with E-state index in [1.807, 2.05) is 4.90 Å². The van der Waals surface area contributed by atoms with Gasteiger partial charge in [0.2, 0.25) is 0 Å². The van der Waals surface area contributed by atoms with E-state index in [4.69, 9.17) is 16.3 Å². The molecule has 1 fully saturated rings. The summed E-state index contributed by atoms with van der Waals surface area (Å²) in [5, 5.41) is 3.80. The van der Waals surface area contributed by atoms with Crippen molar-refractivity contribution in [2.75, 3.05) is 31.6 Å². The van der Waals surface area contributed by atoms with Crippen LogP contribution in [0.3, 0.4) is 0 Å². The van der Waals surface area contributed by atoms with Gasteiger partial charge in [-0.3, -0.25) is 4.79 Å². The first-order valence-corrected chi connectivity index (χ1v) is 9.22. The molecule has 4 nitrogen and oxygen atoms in total. The first-order valence-electron chi connectivity index (χ1n) is 8.84. The van der Waals surface area contributed by atoms with Gasteiger partial charge in [0.05, 0.1) is 5.56 Å². The molecule has 0 saturated carbocycles. The van der Waals surface area contributed by atoms with Gasteiger partial charge >= 0.3 is 0 Å². The second-order valence-electron chi connectivity index (χ2n) is 6.27. The number of amides is 1. The van der Waals surface area contributed by atoms with Gasteiger partial charge in [-0.1, -0.05) is 11.6 Å². The maximum absolute atomic E-state index is 12.9. The van der Waals surface area contributed by atoms with E-state index < -0.39 is 0 Å². The second kappa shape index (κ2) is 8.90. The van der Waals surface area contributed by atoms with Crippen molar-refractivity contribution in [1.29, 1.82) is 0 Å². The van der Waals surface area contributed by atoms with Crippen molar-refractivity contribution in [3.63, 3.8) is 0 Å². The van der Waals surface area contributed by atoms with Gasteiger partial charge in [0.15, 0.2) is 0 Å². The van der Waals surface area contributed by atoms with Gasteiger partial charge in [-0.2, -0.15) is 0 Å². The van der Waals surface area contributed by atoms with Crippen LogP contribution in [0.25, 0.3) is 0 Å². The first-order chi connectivity index (χ1) is 12.6. The molecule has 0 atom stereocenters. The molecule has 0 unspecified atom stereocenters. The molecule has 1 aliphatic heterocycles. The smallest absolute Gasteiger partial charge is 0.255 e. The molecular weight excluding hydrogens is 355 g/mol. The molecule has 1 N–H and O–H groups in total. The van der Waals surface area contributed by atoms with Crippen LogP contribution in [0.15, 0.2) is 42.5 Å². The summed E-state index contributed by atoms with van der Waals surface area (Å²) in [5.74, 6) is 0.336. The van der Waals surface area contributed by atoms with E-state index in [9.17, 15) is 9.18 Å². The number of nitrogens with zero attached hydrogens (tertiary/aromatic N) is 1. The molecule has 0 bridgehead atoms. The molecule has 138 valence electrons. The third-order valence-corrected chi connectivity index (χ3v) is 4.59. The number of carbonyl (C=O) groups excluding carboxylic acids is 1. The molecule has 0 radical (unpaired) electrons. The predicted octanol–water partition coefficient (Wildman–Crippen LogP) is 4.60. The Morgan fingerprint density at radius 1 is 1.12 bits per heavy atom. The first kappa shape index (κ1) is 18.5. The van der Waals surface area contributed by atoms with Crippen LogP contribution < -0.4 is 10.1 Å². The Morgan fingerprint density at radius 3 is 2.58 bits per heavy atom. The third kappa shape index (κ3) is 4.88. The highest BCUT2D eigenvalue weighted by Gasteiger charge is 2.20. The zero-order valence-electron chi connectivity index (χ0n) is 14.5. The van der Waals surface area contributed by atoms with Gasteiger partial charge in [-0.05, 0) is 61.7 Å². The highest BCUT2D eigenvalue weighted by atomic mass is 35.5. The van der Waals surface area contributed by atoms with Gasteiger partial charge in [0.25, 0.3) is 5.91 Å². The zero-order chi connectivity index (χ0) is 18.4. The molecule has 0 spiro atoms. The summed E-state index contributed by atoms with van der Waals surface area (Å²) >= 11 is 6.10. The third-order valence-electron chi connectivity index (χ3n) is 4.36. The number of nitrogens with one attached hydrogen (secondary N) is 1. The number of anilines is 1. The highest BCUT2D eigenvalue weighted by molar-refractivity contribution is 6.31. The van der Waals surface area contributed by atoms with Gasteiger partial charge in [0.1, 0.15) is 18.2 Å². The van der Waals surface area contributed by atoms with Crippen molar-refractivity contribution >= 4 is 23.2 Å². The fraction of sp³-hybridized carbons (Fsp3) is 0.350. The monoisotopic (exact) mass is 376 g/mol. The number of piperidine rings is 1. The van der Waals surface area contributed by atoms with Crippen LogP contribution in [0.5, 0.6) is 5.75 Å². The number of likely N-dealkylation sites (tertiary alicyclic amines) is 1. The number of ether oxygens (including phenoxy) is 1. The number of hydrogen-bond acceptors (Lipinski definition) is 3. The topological polar surface area (TPSA) is 41.6 Å². The van der Waals surface area contributed by atoms with Crippen molar-refractivity contribution in [3.8, 4) is 5.75 Å². The van der Waals surface area contributed by atoms with Crippen molar-refractivity contribution in [2.24, 2.45) is 0 Å². The van der Waals surface area contributed by atoms with E-state index in [-0.39, 0.29) is 11.7 Å². The molecule has 1 aliphatic rings. The molecule has 1 heterocycles. The largest absolute Gasteiger partial charge is 0.492 e. The van der Waals surface area contributed by atoms with Crippen LogP contribution in [-0.4, -0.2) is 37.0 Å². The number of benzene rings is 2. The van der Waals surface area contributed by atoms with Gasteiger partial charge in [-0.25, -0.2) is 4.39 Å². The summed E-state index contributed by atoms with van der Waals surface area (Å²) in [6.07, 6.45) is 3.28. The van der Waals surface area contributed by atoms with E-state index in [2.05, 4.69) is 5.32 Å². The minimum absolute atomic E-state index is 0.0309. The summed E-state index contributed by atoms with van der Waals surface area (Å²) in [6.45, 7) is 2.48. The molecular formula is C20H22ClFN2O2. The Labute approximate surface area is 157 Å². The van der Waals surface area contributed by atoms with Crippen LogP contribution in [0.2, 0.25) is 5.02 Å². The second-order valence-corrected chi connectivity index (χ2v) is 6.71. The maximum atomic E-state index is 12.9. The Balaban J connectivity index is 1.60. The van der Waals surface area contributed by atoms with Crippen molar-refractivity contribution in [2.45, 2.75) is 19.3 Å². The highest BCUT2D eigenvalue weighted by Crippen LogP contribution is 2.24. The molecule has 26 heavy (non-hydrogen) atoms. The fourth-order valence-electron chi connectivity index (χ4n) is 3.00. The minimum atomic E-state index is -0.296. The van der Waals surface area contributed by atoms with E-state index >= 15 is 0 Å². The predicted molar refractivity (Wildman–Crippen MR) is 102 cm³/mol. The SMILES string of the molecule is O=C(c1ccc(Cl)cc1NCCOc1ccc(F)cc1)N1CCCCC1. The summed E-state index contributed by atoms with van der Waals surface area (Å²) < 4.78 is 18.5. The number of halogens is 2. The standard InChI is InChI=1S/C20H22ClFN2O2/c21-15-4-9-18(20(25)24-11-2-1-3-12-24)19(14-15)23-10-13-26-17-7-5-16(22)6-8-17/h4-9,14,23H,1-3,10-13H2. The zero-order valence-corrected chi connectivity index (χ0v) is 15.3. The molecule has 2 aromatic rings. The van der Waals surface area contributed by atoms with E-state index in [1.54, 1.807) is 30.3 Å². The van der Waals surface area contributed by atoms with Gasteiger partial charge < -0.3 is 15.0 Å². The average Bonchev–Trinajstić information content (AvgIpc) is 2.67. The normalized spacial score (nSPS) is 14.2. The Kier molecular flexibility index (Phi) is 6.34. The maximum Gasteiger partial charge on any atom is 0.255 e. The Bertz CT molecular complexity index is 746. The lowest BCUT2D eigenvalue weighted by Crippen LogP contribution is -2.36. The molecule has 0 aliphatic carbocycles. The van der Waals surface area contributed by atoms with Crippen LogP contribution in [-0.2, 0) is 0 Å². The molecule has 3 rings (SSSR count). The molecule has 1 amide bonds. The van der Waals surface area contributed by atoms with Crippen LogP contribution in [0.4, 0.5) is 10.1 Å². The molecule has 1 saturated heterocycles. The van der Waals surface area contributed by atoms with Crippen molar-refractivity contribution in [1.82, 2.24) is 4.90 Å². The summed E-state index contributed by atoms with van der Waals surface area (Å²) in [5.41, 5.74) is 1.33. The molecule has 6 heteroatoms. The number of carbonyl (C=O) groups is 1. The number of rotatable bonds is 6. The van der Waals surface area contributed by atoms with E-state index in [0.29, 0.717) is 35.2 Å². The average molecular weight is 377 g/mol.